The number of hydrogen-bond acceptors (Lipinski definition) is 2. The largest absolute Gasteiger partial charge is 0.457 e. The van der Waals surface area contributed by atoms with Gasteiger partial charge in [-0.1, -0.05) is 24.3 Å². The standard InChI is InChI=1S/C15H16ClNO/c1-17(2)13-7-5-8-14(10-13)18-15-9-4-3-6-12(15)11-16/h3-10H,11H2,1-2H3. The van der Waals surface area contributed by atoms with E-state index in [0.717, 1.165) is 22.7 Å². The van der Waals surface area contributed by atoms with E-state index in [1.54, 1.807) is 0 Å². The smallest absolute Gasteiger partial charge is 0.131 e. The zero-order chi connectivity index (χ0) is 13.0. The molecule has 2 rings (SSSR count). The summed E-state index contributed by atoms with van der Waals surface area (Å²) in [5.74, 6) is 2.07. The summed E-state index contributed by atoms with van der Waals surface area (Å²) in [6.07, 6.45) is 0. The van der Waals surface area contributed by atoms with Crippen LogP contribution < -0.4 is 9.64 Å². The molecule has 18 heavy (non-hydrogen) atoms. The van der Waals surface area contributed by atoms with Crippen LogP contribution in [0.2, 0.25) is 0 Å². The van der Waals surface area contributed by atoms with Gasteiger partial charge in [-0.3, -0.25) is 0 Å². The molecule has 94 valence electrons. The van der Waals surface area contributed by atoms with Crippen LogP contribution >= 0.6 is 11.6 Å². The minimum absolute atomic E-state index is 0.448. The molecule has 0 heterocycles. The summed E-state index contributed by atoms with van der Waals surface area (Å²) in [7, 11) is 4.01. The third kappa shape index (κ3) is 2.96. The summed E-state index contributed by atoms with van der Waals surface area (Å²) < 4.78 is 5.88. The minimum atomic E-state index is 0.448. The molecule has 0 amide bonds. The highest BCUT2D eigenvalue weighted by atomic mass is 35.5. The number of hydrogen-bond donors (Lipinski definition) is 0. The quantitative estimate of drug-likeness (QED) is 0.762. The molecule has 0 spiro atoms. The lowest BCUT2D eigenvalue weighted by atomic mass is 10.2. The fourth-order valence-electron chi connectivity index (χ4n) is 1.67. The van der Waals surface area contributed by atoms with E-state index in [2.05, 4.69) is 0 Å². The van der Waals surface area contributed by atoms with Gasteiger partial charge in [0, 0.05) is 31.4 Å². The maximum atomic E-state index is 5.89. The summed E-state index contributed by atoms with van der Waals surface area (Å²) >= 11 is 5.89. The van der Waals surface area contributed by atoms with Crippen LogP contribution in [0.15, 0.2) is 48.5 Å². The van der Waals surface area contributed by atoms with Crippen molar-refractivity contribution in [2.45, 2.75) is 5.88 Å². The topological polar surface area (TPSA) is 12.5 Å². The molecule has 2 aromatic carbocycles. The van der Waals surface area contributed by atoms with Crippen molar-refractivity contribution < 1.29 is 4.74 Å². The van der Waals surface area contributed by atoms with Gasteiger partial charge in [0.15, 0.2) is 0 Å². The van der Waals surface area contributed by atoms with Crippen LogP contribution in [0.4, 0.5) is 5.69 Å². The monoisotopic (exact) mass is 261 g/mol. The second-order valence-electron chi connectivity index (χ2n) is 4.24. The van der Waals surface area contributed by atoms with Gasteiger partial charge < -0.3 is 9.64 Å². The van der Waals surface area contributed by atoms with E-state index >= 15 is 0 Å². The van der Waals surface area contributed by atoms with Crippen LogP contribution in [0.1, 0.15) is 5.56 Å². The zero-order valence-electron chi connectivity index (χ0n) is 10.6. The van der Waals surface area contributed by atoms with E-state index in [4.69, 9.17) is 16.3 Å². The number of alkyl halides is 1. The number of anilines is 1. The Labute approximate surface area is 113 Å². The molecule has 0 radical (unpaired) electrons. The average molecular weight is 262 g/mol. The van der Waals surface area contributed by atoms with E-state index in [1.165, 1.54) is 0 Å². The van der Waals surface area contributed by atoms with Crippen molar-refractivity contribution in [3.8, 4) is 11.5 Å². The predicted molar refractivity (Wildman–Crippen MR) is 76.8 cm³/mol. The second-order valence-corrected chi connectivity index (χ2v) is 4.50. The SMILES string of the molecule is CN(C)c1cccc(Oc2ccccc2CCl)c1. The number of para-hydroxylation sites is 1. The van der Waals surface area contributed by atoms with Gasteiger partial charge in [-0.25, -0.2) is 0 Å². The van der Waals surface area contributed by atoms with Gasteiger partial charge in [0.2, 0.25) is 0 Å². The van der Waals surface area contributed by atoms with Gasteiger partial charge in [0.25, 0.3) is 0 Å². The van der Waals surface area contributed by atoms with E-state index in [-0.39, 0.29) is 0 Å². The predicted octanol–water partition coefficient (Wildman–Crippen LogP) is 4.28. The number of ether oxygens (including phenoxy) is 1. The average Bonchev–Trinajstić information content (AvgIpc) is 2.39. The highest BCUT2D eigenvalue weighted by Crippen LogP contribution is 2.28. The third-order valence-corrected chi connectivity index (χ3v) is 2.97. The van der Waals surface area contributed by atoms with Crippen LogP contribution in [0.5, 0.6) is 11.5 Å². The number of rotatable bonds is 4. The van der Waals surface area contributed by atoms with Crippen molar-refractivity contribution in [2.75, 3.05) is 19.0 Å². The molecule has 3 heteroatoms. The first-order chi connectivity index (χ1) is 8.70. The first kappa shape index (κ1) is 12.8. The Morgan fingerprint density at radius 2 is 1.83 bits per heavy atom. The Kier molecular flexibility index (Phi) is 4.11. The first-order valence-corrected chi connectivity index (χ1v) is 6.33. The van der Waals surface area contributed by atoms with Gasteiger partial charge in [-0.05, 0) is 18.2 Å². The molecule has 2 nitrogen and oxygen atoms in total. The van der Waals surface area contributed by atoms with E-state index < -0.39 is 0 Å². The maximum absolute atomic E-state index is 5.89. The number of nitrogens with zero attached hydrogens (tertiary/aromatic N) is 1. The van der Waals surface area contributed by atoms with Crippen LogP contribution in [0.25, 0.3) is 0 Å². The number of benzene rings is 2. The van der Waals surface area contributed by atoms with Gasteiger partial charge in [-0.2, -0.15) is 0 Å². The molecule has 0 aromatic heterocycles. The van der Waals surface area contributed by atoms with Crippen LogP contribution in [-0.4, -0.2) is 14.1 Å². The molecule has 0 fully saturated rings. The molecule has 0 aliphatic heterocycles. The third-order valence-electron chi connectivity index (χ3n) is 2.68. The lowest BCUT2D eigenvalue weighted by Gasteiger charge is -2.14. The zero-order valence-corrected chi connectivity index (χ0v) is 11.3. The Hall–Kier alpha value is -1.67. The fourth-order valence-corrected chi connectivity index (χ4v) is 1.89. The molecule has 0 aliphatic rings. The Morgan fingerprint density at radius 3 is 2.56 bits per heavy atom. The van der Waals surface area contributed by atoms with Crippen LogP contribution in [0, 0.1) is 0 Å². The van der Waals surface area contributed by atoms with E-state index in [1.807, 2.05) is 67.5 Å². The molecule has 2 aromatic rings. The van der Waals surface area contributed by atoms with Gasteiger partial charge >= 0.3 is 0 Å². The molecule has 0 atom stereocenters. The lowest BCUT2D eigenvalue weighted by molar-refractivity contribution is 0.478. The molecule has 0 N–H and O–H groups in total. The summed E-state index contributed by atoms with van der Waals surface area (Å²) in [5.41, 5.74) is 2.10. The Bertz CT molecular complexity index is 525. The molecular formula is C15H16ClNO. The van der Waals surface area contributed by atoms with Crippen molar-refractivity contribution in [2.24, 2.45) is 0 Å². The van der Waals surface area contributed by atoms with Gasteiger partial charge in [-0.15, -0.1) is 11.6 Å². The van der Waals surface area contributed by atoms with Crippen molar-refractivity contribution in [3.05, 3.63) is 54.1 Å². The Balaban J connectivity index is 2.25. The first-order valence-electron chi connectivity index (χ1n) is 5.80. The van der Waals surface area contributed by atoms with Crippen LogP contribution in [0.3, 0.4) is 0 Å². The molecule has 0 aliphatic carbocycles. The van der Waals surface area contributed by atoms with Crippen molar-refractivity contribution >= 4 is 17.3 Å². The van der Waals surface area contributed by atoms with Gasteiger partial charge in [0.1, 0.15) is 11.5 Å². The summed E-state index contributed by atoms with van der Waals surface area (Å²) in [4.78, 5) is 2.04. The van der Waals surface area contributed by atoms with Crippen molar-refractivity contribution in [1.82, 2.24) is 0 Å². The van der Waals surface area contributed by atoms with E-state index in [9.17, 15) is 0 Å². The molecule has 0 saturated heterocycles. The Morgan fingerprint density at radius 1 is 1.06 bits per heavy atom. The normalized spacial score (nSPS) is 10.2. The van der Waals surface area contributed by atoms with Crippen molar-refractivity contribution in [1.29, 1.82) is 0 Å². The summed E-state index contributed by atoms with van der Waals surface area (Å²) in [6.45, 7) is 0. The molecule has 0 saturated carbocycles. The minimum Gasteiger partial charge on any atom is -0.457 e. The lowest BCUT2D eigenvalue weighted by Crippen LogP contribution is -2.08. The molecule has 0 unspecified atom stereocenters. The summed E-state index contributed by atoms with van der Waals surface area (Å²) in [6, 6.07) is 15.8. The van der Waals surface area contributed by atoms with Crippen molar-refractivity contribution in [3.63, 3.8) is 0 Å². The van der Waals surface area contributed by atoms with Gasteiger partial charge in [0.05, 0.1) is 5.88 Å². The maximum Gasteiger partial charge on any atom is 0.131 e. The summed E-state index contributed by atoms with van der Waals surface area (Å²) in [5, 5.41) is 0. The number of halogens is 1. The van der Waals surface area contributed by atoms with Crippen LogP contribution in [-0.2, 0) is 5.88 Å². The van der Waals surface area contributed by atoms with E-state index in [0.29, 0.717) is 5.88 Å². The second kappa shape index (κ2) is 5.78. The molecular weight excluding hydrogens is 246 g/mol. The molecule has 0 bridgehead atoms. The highest BCUT2D eigenvalue weighted by molar-refractivity contribution is 6.17. The fraction of sp³-hybridized carbons (Fsp3) is 0.200. The highest BCUT2D eigenvalue weighted by Gasteiger charge is 2.04.